The lowest BCUT2D eigenvalue weighted by molar-refractivity contribution is -0.254. The van der Waals surface area contributed by atoms with E-state index in [9.17, 15) is 50.4 Å². The number of rotatable bonds is 8. The molecule has 230 valence electrons. The second-order valence-corrected chi connectivity index (χ2v) is 9.97. The molecule has 0 amide bonds. The zero-order valence-electron chi connectivity index (χ0n) is 21.7. The minimum absolute atomic E-state index is 0.109. The van der Waals surface area contributed by atoms with Crippen LogP contribution in [0.1, 0.15) is 23.8 Å². The maximum Gasteiger partial charge on any atom is 0.331 e. The molecular formula is C22H30N8O12. The summed E-state index contributed by atoms with van der Waals surface area (Å²) in [4.78, 5) is 25.7. The Labute approximate surface area is 234 Å². The first-order chi connectivity index (χ1) is 20.0. The number of aromatic nitrogens is 8. The minimum atomic E-state index is -1.64. The van der Waals surface area contributed by atoms with Gasteiger partial charge in [-0.3, -0.25) is 13.9 Å². The van der Waals surface area contributed by atoms with E-state index >= 15 is 0 Å². The Kier molecular flexibility index (Phi) is 8.61. The lowest BCUT2D eigenvalue weighted by Crippen LogP contribution is -2.56. The molecule has 20 heteroatoms. The van der Waals surface area contributed by atoms with Crippen molar-refractivity contribution in [1.82, 2.24) is 39.1 Å². The zero-order chi connectivity index (χ0) is 30.3. The van der Waals surface area contributed by atoms with Gasteiger partial charge < -0.3 is 50.3 Å². The fourth-order valence-electron chi connectivity index (χ4n) is 4.78. The molecule has 0 aromatic carbocycles. The van der Waals surface area contributed by atoms with Crippen LogP contribution in [0, 0.1) is 0 Å². The van der Waals surface area contributed by atoms with Crippen LogP contribution in [0.25, 0.3) is 0 Å². The van der Waals surface area contributed by atoms with Gasteiger partial charge in [-0.05, 0) is 0 Å². The second kappa shape index (κ2) is 12.0. The molecule has 0 radical (unpaired) electrons. The fourth-order valence-corrected chi connectivity index (χ4v) is 4.78. The van der Waals surface area contributed by atoms with Gasteiger partial charge >= 0.3 is 5.69 Å². The van der Waals surface area contributed by atoms with Crippen LogP contribution >= 0.6 is 0 Å². The summed E-state index contributed by atoms with van der Waals surface area (Å²) in [7, 11) is 0. The largest absolute Gasteiger partial charge is 0.394 e. The first-order valence-corrected chi connectivity index (χ1v) is 12.8. The number of hydrogen-bond acceptors (Lipinski definition) is 16. The highest BCUT2D eigenvalue weighted by atomic mass is 16.6. The minimum Gasteiger partial charge on any atom is -0.394 e. The molecule has 10 atom stereocenters. The number of nitrogens with zero attached hydrogens (tertiary/aromatic N) is 8. The van der Waals surface area contributed by atoms with Gasteiger partial charge in [0.2, 0.25) is 0 Å². The SMILES string of the molecule is O=c1ccn(Cc2cn([C@@H]3O[C@H](CO)[C@@H](O)[C@H](O)[C@H]3O)nn2)c(=O)n1Cc1cn([C@@H]2O[C@H](CO)[C@@H](O)[C@H](O)[C@H]2O)nn1. The highest BCUT2D eigenvalue weighted by Gasteiger charge is 2.46. The van der Waals surface area contributed by atoms with E-state index in [0.717, 1.165) is 24.6 Å². The van der Waals surface area contributed by atoms with Gasteiger partial charge in [0, 0.05) is 12.3 Å². The maximum atomic E-state index is 13.2. The molecule has 8 N–H and O–H groups in total. The third-order valence-corrected chi connectivity index (χ3v) is 7.16. The van der Waals surface area contributed by atoms with Crippen LogP contribution in [0.2, 0.25) is 0 Å². The first-order valence-electron chi connectivity index (χ1n) is 12.8. The van der Waals surface area contributed by atoms with Gasteiger partial charge in [0.15, 0.2) is 12.5 Å². The van der Waals surface area contributed by atoms with E-state index in [4.69, 9.17) is 9.47 Å². The van der Waals surface area contributed by atoms with Crippen LogP contribution < -0.4 is 11.2 Å². The van der Waals surface area contributed by atoms with E-state index < -0.39 is 85.8 Å². The molecule has 20 nitrogen and oxygen atoms in total. The molecule has 5 rings (SSSR count). The molecule has 2 saturated heterocycles. The third-order valence-electron chi connectivity index (χ3n) is 7.16. The van der Waals surface area contributed by atoms with Gasteiger partial charge in [-0.25, -0.2) is 14.2 Å². The van der Waals surface area contributed by atoms with E-state index in [1.165, 1.54) is 18.6 Å². The quantitative estimate of drug-likeness (QED) is 0.120. The van der Waals surface area contributed by atoms with E-state index in [1.54, 1.807) is 0 Å². The lowest BCUT2D eigenvalue weighted by Gasteiger charge is -2.39. The third kappa shape index (κ3) is 5.51. The summed E-state index contributed by atoms with van der Waals surface area (Å²) < 4.78 is 15.0. The van der Waals surface area contributed by atoms with Crippen molar-refractivity contribution < 1.29 is 50.3 Å². The highest BCUT2D eigenvalue weighted by Crippen LogP contribution is 2.29. The van der Waals surface area contributed by atoms with Crippen LogP contribution in [-0.4, -0.2) is 142 Å². The molecule has 0 saturated carbocycles. The average Bonchev–Trinajstić information content (AvgIpc) is 3.64. The number of hydrogen-bond donors (Lipinski definition) is 8. The van der Waals surface area contributed by atoms with Crippen molar-refractivity contribution in [2.24, 2.45) is 0 Å². The monoisotopic (exact) mass is 598 g/mol. The highest BCUT2D eigenvalue weighted by molar-refractivity contribution is 5.02. The van der Waals surface area contributed by atoms with E-state index in [-0.39, 0.29) is 24.5 Å². The van der Waals surface area contributed by atoms with Crippen molar-refractivity contribution in [2.45, 2.75) is 74.4 Å². The predicted molar refractivity (Wildman–Crippen MR) is 131 cm³/mol. The van der Waals surface area contributed by atoms with Gasteiger partial charge in [0.05, 0.1) is 38.7 Å². The maximum absolute atomic E-state index is 13.2. The molecule has 2 fully saturated rings. The Morgan fingerprint density at radius 3 is 1.64 bits per heavy atom. The molecule has 0 unspecified atom stereocenters. The smallest absolute Gasteiger partial charge is 0.331 e. The van der Waals surface area contributed by atoms with Crippen molar-refractivity contribution in [3.8, 4) is 0 Å². The van der Waals surface area contributed by atoms with Crippen molar-refractivity contribution in [3.63, 3.8) is 0 Å². The molecule has 2 aliphatic heterocycles. The molecule has 0 bridgehead atoms. The van der Waals surface area contributed by atoms with E-state index in [0.29, 0.717) is 0 Å². The van der Waals surface area contributed by atoms with Gasteiger partial charge in [-0.2, -0.15) is 0 Å². The summed E-state index contributed by atoms with van der Waals surface area (Å²) in [5.74, 6) is 0. The summed E-state index contributed by atoms with van der Waals surface area (Å²) in [6.07, 6.45) is -10.7. The van der Waals surface area contributed by atoms with Gasteiger partial charge in [-0.1, -0.05) is 10.4 Å². The van der Waals surface area contributed by atoms with Crippen molar-refractivity contribution in [1.29, 1.82) is 0 Å². The normalized spacial score (nSPS) is 33.6. The number of aliphatic hydroxyl groups is 8. The Morgan fingerprint density at radius 2 is 1.17 bits per heavy atom. The summed E-state index contributed by atoms with van der Waals surface area (Å²) >= 11 is 0. The second-order valence-electron chi connectivity index (χ2n) is 9.97. The molecule has 0 aliphatic carbocycles. The standard InChI is InChI=1S/C22H30N8O12/c31-7-11-14(34)16(36)18(38)20(41-11)29-5-9(23-25-29)3-27-2-1-13(33)28(22(27)40)4-10-6-30(26-24-10)21-19(39)17(37)15(35)12(8-32)42-21/h1-2,5-6,11-12,14-21,31-32,34-39H,3-4,7-8H2/t11-,12-,14-,15-,16+,17+,18-,19-,20-,21-/m1/s1. The summed E-state index contributed by atoms with van der Waals surface area (Å²) in [5, 5.41) is 94.9. The van der Waals surface area contributed by atoms with Gasteiger partial charge in [0.1, 0.15) is 60.2 Å². The Hall–Kier alpha value is -3.44. The van der Waals surface area contributed by atoms with Gasteiger partial charge in [-0.15, -0.1) is 10.2 Å². The van der Waals surface area contributed by atoms with E-state index in [1.807, 2.05) is 0 Å². The summed E-state index contributed by atoms with van der Waals surface area (Å²) in [6.45, 7) is -1.78. The van der Waals surface area contributed by atoms with Crippen LogP contribution in [0.4, 0.5) is 0 Å². The summed E-state index contributed by atoms with van der Waals surface area (Å²) in [5.41, 5.74) is -1.11. The van der Waals surface area contributed by atoms with Gasteiger partial charge in [0.25, 0.3) is 5.56 Å². The first kappa shape index (κ1) is 30.0. The van der Waals surface area contributed by atoms with Crippen molar-refractivity contribution >= 4 is 0 Å². The molecule has 5 heterocycles. The predicted octanol–water partition coefficient (Wildman–Crippen LogP) is -6.77. The lowest BCUT2D eigenvalue weighted by atomic mass is 9.98. The van der Waals surface area contributed by atoms with Crippen LogP contribution in [0.3, 0.4) is 0 Å². The van der Waals surface area contributed by atoms with Crippen molar-refractivity contribution in [3.05, 3.63) is 56.9 Å². The van der Waals surface area contributed by atoms with Crippen molar-refractivity contribution in [2.75, 3.05) is 13.2 Å². The molecule has 3 aromatic heterocycles. The molecule has 2 aliphatic rings. The Bertz CT molecular complexity index is 1490. The van der Waals surface area contributed by atoms with Crippen LogP contribution in [-0.2, 0) is 22.6 Å². The van der Waals surface area contributed by atoms with Crippen LogP contribution in [0.5, 0.6) is 0 Å². The molecular weight excluding hydrogens is 568 g/mol. The Morgan fingerprint density at radius 1 is 0.690 bits per heavy atom. The van der Waals surface area contributed by atoms with Crippen LogP contribution in [0.15, 0.2) is 34.2 Å². The molecule has 0 spiro atoms. The molecule has 3 aromatic rings. The average molecular weight is 599 g/mol. The number of aliphatic hydroxyl groups excluding tert-OH is 8. The Balaban J connectivity index is 1.32. The number of ether oxygens (including phenoxy) is 2. The fraction of sp³-hybridized carbons (Fsp3) is 0.636. The van der Waals surface area contributed by atoms with E-state index in [2.05, 4.69) is 20.6 Å². The molecule has 42 heavy (non-hydrogen) atoms. The summed E-state index contributed by atoms with van der Waals surface area (Å²) in [6, 6.07) is 1.13. The topological polar surface area (TPSA) is 286 Å². The zero-order valence-corrected chi connectivity index (χ0v) is 21.7.